The fourth-order valence-corrected chi connectivity index (χ4v) is 3.59. The molecule has 0 aliphatic rings. The minimum absolute atomic E-state index is 0.338. The van der Waals surface area contributed by atoms with Crippen LogP contribution in [0.15, 0.2) is 60.7 Å². The highest BCUT2D eigenvalue weighted by Gasteiger charge is 2.22. The van der Waals surface area contributed by atoms with Crippen molar-refractivity contribution in [3.8, 4) is 28.1 Å². The number of nitrogens with zero attached hydrogens (tertiary/aromatic N) is 3. The molecule has 4 nitrogen and oxygen atoms in total. The monoisotopic (exact) mass is 385 g/mol. The molecule has 0 aliphatic heterocycles. The topological polar surface area (TPSA) is 39.4 Å². The highest BCUT2D eigenvalue weighted by Crippen LogP contribution is 2.37. The molecule has 4 heteroatoms. The van der Waals surface area contributed by atoms with Gasteiger partial charge >= 0.3 is 0 Å². The van der Waals surface area contributed by atoms with E-state index in [4.69, 9.17) is 14.8 Å². The Kier molecular flexibility index (Phi) is 5.10. The van der Waals surface area contributed by atoms with Crippen molar-refractivity contribution in [2.45, 2.75) is 39.5 Å². The van der Waals surface area contributed by atoms with Gasteiger partial charge in [-0.15, -0.1) is 0 Å². The number of benzene rings is 2. The molecule has 0 aliphatic carbocycles. The van der Waals surface area contributed by atoms with Crippen molar-refractivity contribution in [3.63, 3.8) is 0 Å². The van der Waals surface area contributed by atoms with Crippen molar-refractivity contribution >= 4 is 5.65 Å². The number of methoxy groups -OCH3 is 1. The van der Waals surface area contributed by atoms with E-state index >= 15 is 0 Å². The van der Waals surface area contributed by atoms with Crippen molar-refractivity contribution in [2.75, 3.05) is 7.11 Å². The molecule has 4 aromatic rings. The summed E-state index contributed by atoms with van der Waals surface area (Å²) >= 11 is 0. The number of hydrogen-bond donors (Lipinski definition) is 0. The van der Waals surface area contributed by atoms with Gasteiger partial charge in [0.1, 0.15) is 11.4 Å². The van der Waals surface area contributed by atoms with Crippen LogP contribution in [0.25, 0.3) is 28.0 Å². The molecule has 29 heavy (non-hydrogen) atoms. The van der Waals surface area contributed by atoms with Crippen LogP contribution in [0, 0.1) is 0 Å². The van der Waals surface area contributed by atoms with Crippen molar-refractivity contribution in [2.24, 2.45) is 0 Å². The Morgan fingerprint density at radius 1 is 0.828 bits per heavy atom. The molecule has 2 aromatic heterocycles. The van der Waals surface area contributed by atoms with Gasteiger partial charge in [0.2, 0.25) is 0 Å². The van der Waals surface area contributed by atoms with E-state index in [1.165, 1.54) is 5.69 Å². The second kappa shape index (κ2) is 7.70. The number of fused-ring (bicyclic) bond motifs is 1. The van der Waals surface area contributed by atoms with Crippen LogP contribution in [0.2, 0.25) is 0 Å². The molecule has 0 fully saturated rings. The van der Waals surface area contributed by atoms with E-state index in [2.05, 4.69) is 58.0 Å². The average molecular weight is 386 g/mol. The molecule has 0 N–H and O–H groups in total. The highest BCUT2D eigenvalue weighted by atomic mass is 16.5. The normalized spacial score (nSPS) is 11.6. The van der Waals surface area contributed by atoms with Crippen LogP contribution in [0.1, 0.15) is 50.9 Å². The SMILES string of the molecule is COc1ccc(-c2c(-c3ccccc3)nn3c(C(C)C)cc(C(C)C)nc23)cc1. The van der Waals surface area contributed by atoms with Crippen molar-refractivity contribution in [1.29, 1.82) is 0 Å². The zero-order valence-electron chi connectivity index (χ0n) is 17.7. The fourth-order valence-electron chi connectivity index (χ4n) is 3.59. The molecular formula is C25H27N3O. The molecule has 0 saturated heterocycles. The summed E-state index contributed by atoms with van der Waals surface area (Å²) in [6, 6.07) is 20.7. The van der Waals surface area contributed by atoms with Gasteiger partial charge in [0.25, 0.3) is 0 Å². The van der Waals surface area contributed by atoms with E-state index in [-0.39, 0.29) is 0 Å². The third kappa shape index (κ3) is 3.51. The van der Waals surface area contributed by atoms with Gasteiger partial charge in [0.05, 0.1) is 12.7 Å². The first-order valence-corrected chi connectivity index (χ1v) is 10.1. The predicted octanol–water partition coefficient (Wildman–Crippen LogP) is 6.32. The molecule has 0 atom stereocenters. The van der Waals surface area contributed by atoms with Crippen LogP contribution in [0.5, 0.6) is 5.75 Å². The molecule has 0 radical (unpaired) electrons. The maximum Gasteiger partial charge on any atom is 0.164 e. The van der Waals surface area contributed by atoms with Crippen LogP contribution < -0.4 is 4.74 Å². The Bertz CT molecular complexity index is 1130. The first-order chi connectivity index (χ1) is 14.0. The summed E-state index contributed by atoms with van der Waals surface area (Å²) < 4.78 is 7.38. The Morgan fingerprint density at radius 2 is 1.52 bits per heavy atom. The van der Waals surface area contributed by atoms with Crippen molar-refractivity contribution in [1.82, 2.24) is 14.6 Å². The van der Waals surface area contributed by atoms with Gasteiger partial charge in [-0.25, -0.2) is 9.50 Å². The van der Waals surface area contributed by atoms with Gasteiger partial charge in [0.15, 0.2) is 5.65 Å². The van der Waals surface area contributed by atoms with E-state index < -0.39 is 0 Å². The van der Waals surface area contributed by atoms with E-state index in [1.54, 1.807) is 7.11 Å². The Hall–Kier alpha value is -3.14. The standard InChI is InChI=1S/C25H27N3O/c1-16(2)21-15-22(17(3)4)28-25(26-21)23(18-11-13-20(29-5)14-12-18)24(27-28)19-9-7-6-8-10-19/h6-17H,1-5H3. The molecular weight excluding hydrogens is 358 g/mol. The summed E-state index contributed by atoms with van der Waals surface area (Å²) in [5.41, 5.74) is 7.36. The lowest BCUT2D eigenvalue weighted by atomic mass is 10.0. The maximum atomic E-state index is 5.35. The van der Waals surface area contributed by atoms with E-state index in [0.29, 0.717) is 11.8 Å². The molecule has 2 aromatic carbocycles. The first kappa shape index (κ1) is 19.2. The molecule has 148 valence electrons. The highest BCUT2D eigenvalue weighted by molar-refractivity contribution is 5.90. The molecule has 2 heterocycles. The zero-order chi connectivity index (χ0) is 20.5. The summed E-state index contributed by atoms with van der Waals surface area (Å²) in [6.07, 6.45) is 0. The minimum Gasteiger partial charge on any atom is -0.497 e. The molecule has 0 bridgehead atoms. The van der Waals surface area contributed by atoms with Gasteiger partial charge in [-0.2, -0.15) is 5.10 Å². The lowest BCUT2D eigenvalue weighted by molar-refractivity contribution is 0.415. The van der Waals surface area contributed by atoms with E-state index in [9.17, 15) is 0 Å². The molecule has 0 unspecified atom stereocenters. The van der Waals surface area contributed by atoms with Crippen LogP contribution in [0.4, 0.5) is 0 Å². The minimum atomic E-state index is 0.338. The van der Waals surface area contributed by atoms with Gasteiger partial charge in [0, 0.05) is 17.0 Å². The van der Waals surface area contributed by atoms with Crippen LogP contribution in [-0.4, -0.2) is 21.7 Å². The Morgan fingerprint density at radius 3 is 2.10 bits per heavy atom. The molecule has 0 amide bonds. The second-order valence-corrected chi connectivity index (χ2v) is 7.97. The summed E-state index contributed by atoms with van der Waals surface area (Å²) in [7, 11) is 1.69. The molecule has 4 rings (SSSR count). The summed E-state index contributed by atoms with van der Waals surface area (Å²) in [5, 5.41) is 5.05. The van der Waals surface area contributed by atoms with Gasteiger partial charge < -0.3 is 4.74 Å². The van der Waals surface area contributed by atoms with Crippen LogP contribution >= 0.6 is 0 Å². The largest absolute Gasteiger partial charge is 0.497 e. The third-order valence-electron chi connectivity index (χ3n) is 5.25. The van der Waals surface area contributed by atoms with Gasteiger partial charge in [-0.1, -0.05) is 70.2 Å². The zero-order valence-corrected chi connectivity index (χ0v) is 17.7. The molecule has 0 spiro atoms. The first-order valence-electron chi connectivity index (χ1n) is 10.1. The van der Waals surface area contributed by atoms with Gasteiger partial charge in [-0.3, -0.25) is 0 Å². The summed E-state index contributed by atoms with van der Waals surface area (Å²) in [4.78, 5) is 5.05. The Labute approximate surface area is 172 Å². The van der Waals surface area contributed by atoms with E-state index in [0.717, 1.165) is 39.5 Å². The predicted molar refractivity (Wildman–Crippen MR) is 119 cm³/mol. The third-order valence-corrected chi connectivity index (χ3v) is 5.25. The lowest BCUT2D eigenvalue weighted by Crippen LogP contribution is -2.06. The second-order valence-electron chi connectivity index (χ2n) is 7.97. The van der Waals surface area contributed by atoms with Gasteiger partial charge in [-0.05, 0) is 35.6 Å². The average Bonchev–Trinajstić information content (AvgIpc) is 3.13. The Balaban J connectivity index is 2.08. The number of rotatable bonds is 5. The van der Waals surface area contributed by atoms with E-state index in [1.807, 2.05) is 34.8 Å². The van der Waals surface area contributed by atoms with Crippen LogP contribution in [-0.2, 0) is 0 Å². The quantitative estimate of drug-likeness (QED) is 0.403. The molecule has 0 saturated carbocycles. The summed E-state index contributed by atoms with van der Waals surface area (Å²) in [5.74, 6) is 1.52. The fraction of sp³-hybridized carbons (Fsp3) is 0.280. The summed E-state index contributed by atoms with van der Waals surface area (Å²) in [6.45, 7) is 8.78. The van der Waals surface area contributed by atoms with Crippen molar-refractivity contribution in [3.05, 3.63) is 72.1 Å². The number of aromatic nitrogens is 3. The number of ether oxygens (including phenoxy) is 1. The van der Waals surface area contributed by atoms with Crippen LogP contribution in [0.3, 0.4) is 0 Å². The maximum absolute atomic E-state index is 5.35. The smallest absolute Gasteiger partial charge is 0.164 e. The lowest BCUT2D eigenvalue weighted by Gasteiger charge is -2.13. The van der Waals surface area contributed by atoms with Crippen molar-refractivity contribution < 1.29 is 4.74 Å². The number of hydrogen-bond acceptors (Lipinski definition) is 3.